The number of hydrogen-bond donors (Lipinski definition) is 22. The number of hydrogen-bond acceptors (Lipinski definition) is 22. The standard InChI is InChI=1S/C42H99N13S9/c1-36(27-58,45-8)23-48-34(18-56)17-53-38(3,29-60)21-47-13-11-15-51-41(6,32-63)25-55-42(43,33-64)26-54-39(4,30-61)22-46-12-9-10-14-50-40(5,31-62)24-49-35(19-57)16-52-37(2,28-59)20-44-7/h34-35,44-64H,9-33,43H2,1-8H3/t34-,35-,36-,37-,38-,39-,40-,41-,42-/m0/s1. The third kappa shape index (κ3) is 28.6. The molecule has 0 aromatic rings. The van der Waals surface area contributed by atoms with Gasteiger partial charge in [0.1, 0.15) is 0 Å². The van der Waals surface area contributed by atoms with E-state index in [1.807, 2.05) is 14.1 Å². The molecule has 0 unspecified atom stereocenters. The summed E-state index contributed by atoms with van der Waals surface area (Å²) in [6.45, 7) is 23.7. The second-order valence-electron chi connectivity index (χ2n) is 19.7. The topological polar surface area (TPSA) is 170 Å². The summed E-state index contributed by atoms with van der Waals surface area (Å²) in [7, 11) is 3.95. The zero-order valence-corrected chi connectivity index (χ0v) is 49.0. The van der Waals surface area contributed by atoms with Crippen LogP contribution in [0.15, 0.2) is 0 Å². The zero-order valence-electron chi connectivity index (χ0n) is 40.9. The quantitative estimate of drug-likeness (QED) is 0.0236. The Hall–Kier alpha value is 2.63. The van der Waals surface area contributed by atoms with Gasteiger partial charge in [-0.1, -0.05) is 0 Å². The molecule has 0 rings (SSSR count). The van der Waals surface area contributed by atoms with Gasteiger partial charge < -0.3 is 64.2 Å². The molecule has 0 bridgehead atoms. The third-order valence-electron chi connectivity index (χ3n) is 12.2. The lowest BCUT2D eigenvalue weighted by atomic mass is 10.0. The maximum absolute atomic E-state index is 6.91. The number of unbranched alkanes of at least 4 members (excludes halogenated alkanes) is 1. The third-order valence-corrected chi connectivity index (χ3v) is 17.8. The number of rotatable bonds is 45. The van der Waals surface area contributed by atoms with Gasteiger partial charge >= 0.3 is 0 Å². The Morgan fingerprint density at radius 3 is 1.22 bits per heavy atom. The van der Waals surface area contributed by atoms with Crippen LogP contribution in [-0.4, -0.2) is 202 Å². The van der Waals surface area contributed by atoms with Gasteiger partial charge in [0.25, 0.3) is 0 Å². The van der Waals surface area contributed by atoms with Gasteiger partial charge in [-0.2, -0.15) is 114 Å². The van der Waals surface area contributed by atoms with Crippen LogP contribution in [0.4, 0.5) is 0 Å². The number of nitrogens with one attached hydrogen (secondary N) is 12. The second-order valence-corrected chi connectivity index (χ2v) is 22.6. The minimum absolute atomic E-state index is 0.0667. The van der Waals surface area contributed by atoms with Crippen molar-refractivity contribution in [1.29, 1.82) is 0 Å². The molecule has 22 heteroatoms. The Labute approximate surface area is 442 Å². The predicted molar refractivity (Wildman–Crippen MR) is 316 cm³/mol. The molecule has 0 amide bonds. The molecule has 386 valence electrons. The van der Waals surface area contributed by atoms with E-state index in [1.54, 1.807) is 0 Å². The van der Waals surface area contributed by atoms with Crippen molar-refractivity contribution in [2.45, 2.75) is 112 Å². The van der Waals surface area contributed by atoms with Gasteiger partial charge in [-0.05, 0) is 101 Å². The molecule has 14 N–H and O–H groups in total. The van der Waals surface area contributed by atoms with E-state index in [9.17, 15) is 0 Å². The van der Waals surface area contributed by atoms with E-state index in [4.69, 9.17) is 43.6 Å². The van der Waals surface area contributed by atoms with Gasteiger partial charge in [-0.3, -0.25) is 5.32 Å². The lowest BCUT2D eigenvalue weighted by Gasteiger charge is -2.39. The first kappa shape index (κ1) is 66.6. The molecule has 0 aromatic heterocycles. The van der Waals surface area contributed by atoms with Crippen molar-refractivity contribution in [2.24, 2.45) is 5.73 Å². The van der Waals surface area contributed by atoms with Crippen molar-refractivity contribution in [3.05, 3.63) is 0 Å². The van der Waals surface area contributed by atoms with E-state index < -0.39 is 5.66 Å². The van der Waals surface area contributed by atoms with Crippen LogP contribution in [0.25, 0.3) is 0 Å². The Morgan fingerprint density at radius 2 is 0.781 bits per heavy atom. The molecular formula is C42H99N13S9. The van der Waals surface area contributed by atoms with E-state index >= 15 is 0 Å². The second kappa shape index (κ2) is 35.7. The minimum atomic E-state index is -0.713. The van der Waals surface area contributed by atoms with Crippen molar-refractivity contribution >= 4 is 114 Å². The summed E-state index contributed by atoms with van der Waals surface area (Å²) < 4.78 is 0. The van der Waals surface area contributed by atoms with Crippen LogP contribution in [0, 0.1) is 0 Å². The molecule has 64 heavy (non-hydrogen) atoms. The molecular weight excluding hydrogens is 975 g/mol. The van der Waals surface area contributed by atoms with Gasteiger partial charge in [0.2, 0.25) is 0 Å². The Bertz CT molecular complexity index is 1160. The lowest BCUT2D eigenvalue weighted by Crippen LogP contribution is -2.68. The average molecular weight is 1070 g/mol. The van der Waals surface area contributed by atoms with Gasteiger partial charge in [-0.25, -0.2) is 0 Å². The SMILES string of the molecule is CNC[C@@](C)(CS)NC[C@@H](CS)NC[C@@](C)(CS)NCCCCNC[C@@](C)(CS)NC[C@@](N)(CS)NC[C@@](C)(CS)NCCCNC[C@@](C)(CS)NC[C@@H](CS)NC[C@@](C)(CS)NC. The highest BCUT2D eigenvalue weighted by molar-refractivity contribution is 7.81. The summed E-state index contributed by atoms with van der Waals surface area (Å²) in [6, 6.07) is 0.480. The Balaban J connectivity index is 4.72. The van der Waals surface area contributed by atoms with E-state index in [2.05, 4.69) is 181 Å². The highest BCUT2D eigenvalue weighted by atomic mass is 32.1. The highest BCUT2D eigenvalue weighted by Gasteiger charge is 2.32. The summed E-state index contributed by atoms with van der Waals surface area (Å²) in [5.74, 6) is 6.24. The van der Waals surface area contributed by atoms with Crippen LogP contribution >= 0.6 is 114 Å². The van der Waals surface area contributed by atoms with Crippen molar-refractivity contribution in [1.82, 2.24) is 63.8 Å². The molecule has 0 aromatic carbocycles. The molecule has 0 aliphatic carbocycles. The maximum Gasteiger partial charge on any atom is 0.0881 e. The van der Waals surface area contributed by atoms with Crippen LogP contribution in [0.5, 0.6) is 0 Å². The molecule has 9 atom stereocenters. The van der Waals surface area contributed by atoms with Gasteiger partial charge in [-0.15, -0.1) is 0 Å². The summed E-state index contributed by atoms with van der Waals surface area (Å²) in [4.78, 5) is 0. The summed E-state index contributed by atoms with van der Waals surface area (Å²) >= 11 is 41.8. The van der Waals surface area contributed by atoms with Crippen LogP contribution in [0.1, 0.15) is 60.8 Å². The van der Waals surface area contributed by atoms with Crippen LogP contribution < -0.4 is 69.5 Å². The van der Waals surface area contributed by atoms with Crippen molar-refractivity contribution in [3.8, 4) is 0 Å². The molecule has 0 fully saturated rings. The van der Waals surface area contributed by atoms with E-state index in [0.717, 1.165) is 126 Å². The minimum Gasteiger partial charge on any atom is -0.318 e. The lowest BCUT2D eigenvalue weighted by molar-refractivity contribution is 0.261. The smallest absolute Gasteiger partial charge is 0.0881 e. The van der Waals surface area contributed by atoms with Crippen molar-refractivity contribution in [3.63, 3.8) is 0 Å². The number of likely N-dealkylation sites (N-methyl/N-ethyl adjacent to an activating group) is 2. The van der Waals surface area contributed by atoms with Crippen LogP contribution in [-0.2, 0) is 0 Å². The first-order valence-corrected chi connectivity index (χ1v) is 28.8. The first-order chi connectivity index (χ1) is 30.2. The Kier molecular flexibility index (Phi) is 37.2. The average Bonchev–Trinajstić information content (AvgIpc) is 3.31. The Morgan fingerprint density at radius 1 is 0.391 bits per heavy atom. The van der Waals surface area contributed by atoms with E-state index in [0.29, 0.717) is 30.3 Å². The molecule has 13 nitrogen and oxygen atoms in total. The molecule has 0 aliphatic heterocycles. The van der Waals surface area contributed by atoms with Gasteiger partial charge in [0.15, 0.2) is 0 Å². The fourth-order valence-electron chi connectivity index (χ4n) is 6.38. The van der Waals surface area contributed by atoms with Crippen molar-refractivity contribution < 1.29 is 0 Å². The normalized spacial score (nSPS) is 20.0. The van der Waals surface area contributed by atoms with Crippen LogP contribution in [0.2, 0.25) is 0 Å². The summed E-state index contributed by atoms with van der Waals surface area (Å²) in [5, 5.41) is 43.4. The fourth-order valence-corrected chi connectivity index (χ4v) is 8.51. The molecule has 0 spiro atoms. The number of thiol groups is 9. The maximum atomic E-state index is 6.91. The summed E-state index contributed by atoms with van der Waals surface area (Å²) in [5.41, 5.74) is 5.29. The molecule has 0 heterocycles. The molecule has 0 radical (unpaired) electrons. The highest BCUT2D eigenvalue weighted by Crippen LogP contribution is 2.13. The zero-order chi connectivity index (χ0) is 48.8. The van der Waals surface area contributed by atoms with E-state index in [1.165, 1.54) is 0 Å². The molecule has 0 aliphatic rings. The van der Waals surface area contributed by atoms with E-state index in [-0.39, 0.29) is 45.3 Å². The molecule has 0 saturated heterocycles. The fraction of sp³-hybridized carbons (Fsp3) is 1.00. The monoisotopic (exact) mass is 1070 g/mol. The van der Waals surface area contributed by atoms with Gasteiger partial charge in [0.05, 0.1) is 5.66 Å². The molecule has 0 saturated carbocycles. The first-order valence-electron chi connectivity index (χ1n) is 23.1. The van der Waals surface area contributed by atoms with Crippen molar-refractivity contribution in [2.75, 3.05) is 151 Å². The summed E-state index contributed by atoms with van der Waals surface area (Å²) in [6.07, 6.45) is 3.09. The number of nitrogens with two attached hydrogens (primary N) is 1. The van der Waals surface area contributed by atoms with Gasteiger partial charge in [0, 0.05) is 156 Å². The predicted octanol–water partition coefficient (Wildman–Crippen LogP) is 0.804. The largest absolute Gasteiger partial charge is 0.318 e. The van der Waals surface area contributed by atoms with Crippen LogP contribution in [0.3, 0.4) is 0 Å².